The zero-order valence-electron chi connectivity index (χ0n) is 9.86. The zero-order valence-corrected chi connectivity index (χ0v) is 9.86. The van der Waals surface area contributed by atoms with E-state index < -0.39 is 0 Å². The van der Waals surface area contributed by atoms with Crippen LogP contribution >= 0.6 is 0 Å². The van der Waals surface area contributed by atoms with Crippen LogP contribution < -0.4 is 15.0 Å². The first kappa shape index (κ1) is 9.82. The van der Waals surface area contributed by atoms with Gasteiger partial charge < -0.3 is 15.0 Å². The third kappa shape index (κ3) is 1.27. The second-order valence-corrected chi connectivity index (χ2v) is 4.76. The Morgan fingerprint density at radius 1 is 1.44 bits per heavy atom. The van der Waals surface area contributed by atoms with Crippen LogP contribution in [0, 0.1) is 5.92 Å². The summed E-state index contributed by atoms with van der Waals surface area (Å²) in [5.74, 6) is 1.74. The number of para-hydroxylation sites is 1. The van der Waals surface area contributed by atoms with Crippen LogP contribution in [-0.2, 0) is 0 Å². The lowest BCUT2D eigenvalue weighted by atomic mass is 10.0. The summed E-state index contributed by atoms with van der Waals surface area (Å²) in [5, 5.41) is 3.52. The summed E-state index contributed by atoms with van der Waals surface area (Å²) in [6.07, 6.45) is 1.29. The second-order valence-electron chi connectivity index (χ2n) is 4.76. The predicted molar refractivity (Wildman–Crippen MR) is 66.4 cm³/mol. The largest absolute Gasteiger partial charge is 0.495 e. The molecule has 1 saturated heterocycles. The Kier molecular flexibility index (Phi) is 2.20. The summed E-state index contributed by atoms with van der Waals surface area (Å²) in [4.78, 5) is 2.53. The fourth-order valence-electron chi connectivity index (χ4n) is 2.93. The van der Waals surface area contributed by atoms with Gasteiger partial charge in [-0.15, -0.1) is 0 Å². The minimum atomic E-state index is 0.652. The number of nitrogens with one attached hydrogen (secondary N) is 1. The number of anilines is 2. The van der Waals surface area contributed by atoms with Crippen molar-refractivity contribution >= 4 is 11.4 Å². The molecule has 3 nitrogen and oxygen atoms in total. The summed E-state index contributed by atoms with van der Waals surface area (Å²) >= 11 is 0. The molecule has 16 heavy (non-hydrogen) atoms. The Hall–Kier alpha value is -1.38. The average Bonchev–Trinajstić information content (AvgIpc) is 2.70. The Bertz CT molecular complexity index is 405. The molecule has 3 heteroatoms. The molecule has 0 spiro atoms. The van der Waals surface area contributed by atoms with Crippen LogP contribution in [0.4, 0.5) is 11.4 Å². The van der Waals surface area contributed by atoms with E-state index in [2.05, 4.69) is 29.3 Å². The smallest absolute Gasteiger partial charge is 0.144 e. The Morgan fingerprint density at radius 2 is 2.31 bits per heavy atom. The van der Waals surface area contributed by atoms with Gasteiger partial charge in [0, 0.05) is 19.1 Å². The van der Waals surface area contributed by atoms with E-state index in [9.17, 15) is 0 Å². The van der Waals surface area contributed by atoms with Gasteiger partial charge in [0.15, 0.2) is 0 Å². The molecule has 3 rings (SSSR count). The maximum absolute atomic E-state index is 5.40. The second kappa shape index (κ2) is 3.58. The number of fused-ring (bicyclic) bond motifs is 3. The van der Waals surface area contributed by atoms with Crippen molar-refractivity contribution in [2.45, 2.75) is 19.4 Å². The standard InChI is InChI=1S/C13H18N2O/c1-9-6-7-15-10-4-3-5-12(16-2)13(10)14-8-11(9)15/h3-5,9,11,14H,6-8H2,1-2H3. The predicted octanol–water partition coefficient (Wildman–Crippen LogP) is 2.34. The highest BCUT2D eigenvalue weighted by Crippen LogP contribution is 2.42. The molecule has 1 N–H and O–H groups in total. The van der Waals surface area contributed by atoms with Crippen molar-refractivity contribution in [3.8, 4) is 5.75 Å². The van der Waals surface area contributed by atoms with Gasteiger partial charge in [0.05, 0.1) is 12.8 Å². The van der Waals surface area contributed by atoms with E-state index in [4.69, 9.17) is 4.74 Å². The Labute approximate surface area is 96.4 Å². The number of nitrogens with zero attached hydrogens (tertiary/aromatic N) is 1. The first-order chi connectivity index (χ1) is 7.81. The average molecular weight is 218 g/mol. The molecule has 0 bridgehead atoms. The van der Waals surface area contributed by atoms with Crippen molar-refractivity contribution in [1.29, 1.82) is 0 Å². The number of hydrogen-bond donors (Lipinski definition) is 1. The summed E-state index contributed by atoms with van der Waals surface area (Å²) in [5.41, 5.74) is 2.47. The lowest BCUT2D eigenvalue weighted by molar-refractivity contribution is 0.415. The van der Waals surface area contributed by atoms with Gasteiger partial charge >= 0.3 is 0 Å². The molecule has 2 heterocycles. The minimum Gasteiger partial charge on any atom is -0.495 e. The highest BCUT2D eigenvalue weighted by Gasteiger charge is 2.35. The van der Waals surface area contributed by atoms with E-state index in [1.54, 1.807) is 7.11 Å². The van der Waals surface area contributed by atoms with Gasteiger partial charge in [0.2, 0.25) is 0 Å². The molecule has 2 aliphatic heterocycles. The van der Waals surface area contributed by atoms with Crippen molar-refractivity contribution in [3.63, 3.8) is 0 Å². The number of rotatable bonds is 1. The van der Waals surface area contributed by atoms with Crippen LogP contribution in [0.2, 0.25) is 0 Å². The van der Waals surface area contributed by atoms with Gasteiger partial charge in [-0.25, -0.2) is 0 Å². The van der Waals surface area contributed by atoms with Crippen LogP contribution in [0.25, 0.3) is 0 Å². The molecule has 1 aromatic carbocycles. The van der Waals surface area contributed by atoms with Crippen LogP contribution in [-0.4, -0.2) is 26.2 Å². The fourth-order valence-corrected chi connectivity index (χ4v) is 2.93. The van der Waals surface area contributed by atoms with E-state index in [0.29, 0.717) is 6.04 Å². The molecule has 2 aliphatic rings. The molecule has 1 aromatic rings. The van der Waals surface area contributed by atoms with Gasteiger partial charge in [-0.3, -0.25) is 0 Å². The van der Waals surface area contributed by atoms with Gasteiger partial charge in [-0.1, -0.05) is 13.0 Å². The van der Waals surface area contributed by atoms with Gasteiger partial charge in [0.25, 0.3) is 0 Å². The zero-order chi connectivity index (χ0) is 11.1. The van der Waals surface area contributed by atoms with E-state index in [-0.39, 0.29) is 0 Å². The molecule has 1 fully saturated rings. The van der Waals surface area contributed by atoms with E-state index >= 15 is 0 Å². The highest BCUT2D eigenvalue weighted by atomic mass is 16.5. The first-order valence-corrected chi connectivity index (χ1v) is 5.99. The van der Waals surface area contributed by atoms with Crippen molar-refractivity contribution in [2.75, 3.05) is 30.4 Å². The fraction of sp³-hybridized carbons (Fsp3) is 0.538. The summed E-state index contributed by atoms with van der Waals surface area (Å²) < 4.78 is 5.40. The number of ether oxygens (including phenoxy) is 1. The molecule has 0 aliphatic carbocycles. The van der Waals surface area contributed by atoms with E-state index in [0.717, 1.165) is 23.9 Å². The monoisotopic (exact) mass is 218 g/mol. The van der Waals surface area contributed by atoms with Crippen molar-refractivity contribution in [3.05, 3.63) is 18.2 Å². The lowest BCUT2D eigenvalue weighted by Crippen LogP contribution is -2.41. The molecular formula is C13H18N2O. The van der Waals surface area contributed by atoms with Crippen molar-refractivity contribution < 1.29 is 4.74 Å². The number of hydrogen-bond acceptors (Lipinski definition) is 3. The molecule has 0 saturated carbocycles. The van der Waals surface area contributed by atoms with Crippen LogP contribution in [0.3, 0.4) is 0 Å². The molecular weight excluding hydrogens is 200 g/mol. The summed E-state index contributed by atoms with van der Waals surface area (Å²) in [6, 6.07) is 6.94. The molecule has 86 valence electrons. The maximum Gasteiger partial charge on any atom is 0.144 e. The lowest BCUT2D eigenvalue weighted by Gasteiger charge is -2.36. The van der Waals surface area contributed by atoms with Crippen LogP contribution in [0.1, 0.15) is 13.3 Å². The maximum atomic E-state index is 5.40. The minimum absolute atomic E-state index is 0.652. The van der Waals surface area contributed by atoms with Crippen LogP contribution in [0.5, 0.6) is 5.75 Å². The highest BCUT2D eigenvalue weighted by molar-refractivity contribution is 5.79. The van der Waals surface area contributed by atoms with Gasteiger partial charge in [0.1, 0.15) is 11.4 Å². The third-order valence-corrected chi connectivity index (χ3v) is 3.90. The molecule has 2 unspecified atom stereocenters. The Balaban J connectivity index is 2.04. The summed E-state index contributed by atoms with van der Waals surface area (Å²) in [7, 11) is 1.73. The molecule has 0 radical (unpaired) electrons. The summed E-state index contributed by atoms with van der Waals surface area (Å²) in [6.45, 7) is 4.56. The van der Waals surface area contributed by atoms with E-state index in [1.807, 2.05) is 6.07 Å². The third-order valence-electron chi connectivity index (χ3n) is 3.90. The normalized spacial score (nSPS) is 27.0. The van der Waals surface area contributed by atoms with Gasteiger partial charge in [-0.05, 0) is 24.5 Å². The van der Waals surface area contributed by atoms with E-state index in [1.165, 1.54) is 18.7 Å². The Morgan fingerprint density at radius 3 is 3.12 bits per heavy atom. The quantitative estimate of drug-likeness (QED) is 0.783. The first-order valence-electron chi connectivity index (χ1n) is 5.99. The number of benzene rings is 1. The molecule has 2 atom stereocenters. The topological polar surface area (TPSA) is 24.5 Å². The van der Waals surface area contributed by atoms with Crippen molar-refractivity contribution in [1.82, 2.24) is 0 Å². The molecule has 0 amide bonds. The molecule has 0 aromatic heterocycles. The van der Waals surface area contributed by atoms with Crippen LogP contribution in [0.15, 0.2) is 18.2 Å². The SMILES string of the molecule is COc1cccc2c1NCC1C(C)CCN21. The number of methoxy groups -OCH3 is 1. The van der Waals surface area contributed by atoms with Crippen molar-refractivity contribution in [2.24, 2.45) is 5.92 Å². The van der Waals surface area contributed by atoms with Gasteiger partial charge in [-0.2, -0.15) is 0 Å².